The Bertz CT molecular complexity index is 173. The normalized spacial score (nSPS) is 21.2. The molecule has 0 saturated heterocycles. The van der Waals surface area contributed by atoms with Crippen LogP contribution in [-0.2, 0) is 0 Å². The van der Waals surface area contributed by atoms with Crippen LogP contribution >= 0.6 is 0 Å². The quantitative estimate of drug-likeness (QED) is 0.524. The molecule has 0 aromatic carbocycles. The summed E-state index contributed by atoms with van der Waals surface area (Å²) in [6.07, 6.45) is 1.51. The van der Waals surface area contributed by atoms with Gasteiger partial charge in [0.05, 0.1) is 0 Å². The molecule has 2 saturated carbocycles. The molecule has 2 aliphatic rings. The molecular formula is C6H10B2CaF6. The Morgan fingerprint density at radius 1 is 0.600 bits per heavy atom. The number of hydrogen-bond acceptors (Lipinski definition) is 0. The van der Waals surface area contributed by atoms with Gasteiger partial charge >= 0.3 is 51.7 Å². The second-order valence-electron chi connectivity index (χ2n) is 3.93. The monoisotopic (exact) mass is 258 g/mol. The van der Waals surface area contributed by atoms with Crippen molar-refractivity contribution in [2.45, 2.75) is 37.3 Å². The van der Waals surface area contributed by atoms with E-state index in [1.165, 1.54) is 0 Å². The molecule has 2 aliphatic carbocycles. The van der Waals surface area contributed by atoms with E-state index in [0.717, 1.165) is 0 Å². The fourth-order valence-electron chi connectivity index (χ4n) is 0.948. The molecule has 15 heavy (non-hydrogen) atoms. The molecule has 0 aromatic heterocycles. The molecule has 0 heterocycles. The zero-order valence-electron chi connectivity index (χ0n) is 8.11. The molecule has 9 heteroatoms. The molecule has 0 amide bonds. The number of halogens is 6. The van der Waals surface area contributed by atoms with Crippen LogP contribution < -0.4 is 0 Å². The minimum Gasteiger partial charge on any atom is -0.449 e. The van der Waals surface area contributed by atoms with Crippen molar-refractivity contribution in [3.63, 3.8) is 0 Å². The molecule has 0 aliphatic heterocycles. The molecule has 0 aromatic rings. The van der Waals surface area contributed by atoms with Crippen molar-refractivity contribution in [1.82, 2.24) is 0 Å². The summed E-state index contributed by atoms with van der Waals surface area (Å²) in [5.74, 6) is -1.78. The van der Waals surface area contributed by atoms with Crippen LogP contribution in [0.3, 0.4) is 0 Å². The van der Waals surface area contributed by atoms with Gasteiger partial charge in [-0.1, -0.05) is 37.3 Å². The van der Waals surface area contributed by atoms with Gasteiger partial charge in [-0.3, -0.25) is 0 Å². The molecule has 84 valence electrons. The van der Waals surface area contributed by atoms with Crippen LogP contribution in [0.25, 0.3) is 0 Å². The first kappa shape index (κ1) is 16.0. The van der Waals surface area contributed by atoms with Crippen molar-refractivity contribution in [3.8, 4) is 0 Å². The molecule has 2 rings (SSSR count). The van der Waals surface area contributed by atoms with Gasteiger partial charge in [-0.15, -0.1) is 0 Å². The largest absolute Gasteiger partial charge is 2.00 e. The first-order valence-electron chi connectivity index (χ1n) is 4.61. The van der Waals surface area contributed by atoms with Crippen molar-refractivity contribution in [2.24, 2.45) is 0 Å². The fraction of sp³-hybridized carbons (Fsp3) is 1.00. The number of hydrogen-bond donors (Lipinski definition) is 0. The predicted molar refractivity (Wildman–Crippen MR) is 49.9 cm³/mol. The third kappa shape index (κ3) is 7.00. The van der Waals surface area contributed by atoms with E-state index >= 15 is 0 Å². The third-order valence-electron chi connectivity index (χ3n) is 2.31. The SMILES string of the molecule is F[B-](F)(F)C1CC1.F[B-](F)(F)C1CC1.[Ca+2]. The third-order valence-corrected chi connectivity index (χ3v) is 2.31. The van der Waals surface area contributed by atoms with Gasteiger partial charge in [0.1, 0.15) is 0 Å². The fourth-order valence-corrected chi connectivity index (χ4v) is 0.948. The zero-order valence-corrected chi connectivity index (χ0v) is 10.3. The topological polar surface area (TPSA) is 0 Å². The van der Waals surface area contributed by atoms with Crippen molar-refractivity contribution in [1.29, 1.82) is 0 Å². The molecule has 0 unspecified atom stereocenters. The summed E-state index contributed by atoms with van der Waals surface area (Å²) in [5.41, 5.74) is 0. The van der Waals surface area contributed by atoms with Crippen LogP contribution in [0.5, 0.6) is 0 Å². The molecule has 2 fully saturated rings. The van der Waals surface area contributed by atoms with Gasteiger partial charge in [-0.05, 0) is 0 Å². The Morgan fingerprint density at radius 2 is 0.800 bits per heavy atom. The molecule has 0 atom stereocenters. The Morgan fingerprint density at radius 3 is 0.800 bits per heavy atom. The van der Waals surface area contributed by atoms with Crippen LogP contribution in [0.4, 0.5) is 25.9 Å². The van der Waals surface area contributed by atoms with Crippen molar-refractivity contribution in [2.75, 3.05) is 0 Å². The van der Waals surface area contributed by atoms with E-state index in [1.807, 2.05) is 0 Å². The summed E-state index contributed by atoms with van der Waals surface area (Å²) in [4.78, 5) is 0. The Kier molecular flexibility index (Phi) is 5.89. The van der Waals surface area contributed by atoms with E-state index in [9.17, 15) is 25.9 Å². The maximum absolute atomic E-state index is 11.3. The average Bonchev–Trinajstić information content (AvgIpc) is 2.81. The first-order valence-corrected chi connectivity index (χ1v) is 4.61. The Balaban J connectivity index is 0.000000245. The summed E-state index contributed by atoms with van der Waals surface area (Å²) >= 11 is 0. The zero-order chi connectivity index (χ0) is 11.0. The molecule has 0 bridgehead atoms. The molecular weight excluding hydrogens is 248 g/mol. The van der Waals surface area contributed by atoms with Crippen LogP contribution in [0.1, 0.15) is 25.7 Å². The van der Waals surface area contributed by atoms with Gasteiger partial charge in [-0.25, -0.2) is 0 Å². The first-order chi connectivity index (χ1) is 6.21. The van der Waals surface area contributed by atoms with Crippen molar-refractivity contribution >= 4 is 51.7 Å². The second-order valence-corrected chi connectivity index (χ2v) is 3.93. The summed E-state index contributed by atoms with van der Waals surface area (Å²) in [6.45, 7) is -8.89. The average molecular weight is 258 g/mol. The predicted octanol–water partition coefficient (Wildman–Crippen LogP) is 3.61. The molecule has 0 radical (unpaired) electrons. The van der Waals surface area contributed by atoms with E-state index in [2.05, 4.69) is 0 Å². The smallest absolute Gasteiger partial charge is 0.449 e. The number of rotatable bonds is 2. The summed E-state index contributed by atoms with van der Waals surface area (Å²) in [6, 6.07) is 0. The van der Waals surface area contributed by atoms with Crippen LogP contribution in [0.2, 0.25) is 11.6 Å². The minimum atomic E-state index is -4.44. The van der Waals surface area contributed by atoms with Gasteiger partial charge < -0.3 is 25.9 Å². The van der Waals surface area contributed by atoms with Crippen LogP contribution in [0.15, 0.2) is 0 Å². The van der Waals surface area contributed by atoms with Gasteiger partial charge in [0.15, 0.2) is 0 Å². The standard InChI is InChI=1S/2C3H5BF3.Ca/c2*5-4(6,7)3-1-2-3;/h2*3H,1-2H2;/q2*-1;+2. The van der Waals surface area contributed by atoms with Gasteiger partial charge in [0, 0.05) is 0 Å². The van der Waals surface area contributed by atoms with Gasteiger partial charge in [-0.2, -0.15) is 0 Å². The summed E-state index contributed by atoms with van der Waals surface area (Å²) in [7, 11) is 0. The van der Waals surface area contributed by atoms with Crippen molar-refractivity contribution in [3.05, 3.63) is 0 Å². The van der Waals surface area contributed by atoms with Crippen LogP contribution in [0, 0.1) is 0 Å². The second kappa shape index (κ2) is 5.54. The van der Waals surface area contributed by atoms with E-state index in [1.54, 1.807) is 0 Å². The van der Waals surface area contributed by atoms with E-state index in [-0.39, 0.29) is 37.7 Å². The van der Waals surface area contributed by atoms with Crippen LogP contribution in [-0.4, -0.2) is 51.7 Å². The maximum atomic E-state index is 11.3. The van der Waals surface area contributed by atoms with Gasteiger partial charge in [0.25, 0.3) is 0 Å². The van der Waals surface area contributed by atoms with E-state index in [0.29, 0.717) is 25.7 Å². The van der Waals surface area contributed by atoms with E-state index < -0.39 is 25.6 Å². The minimum absolute atomic E-state index is 0. The Hall–Kier alpha value is 0.970. The van der Waals surface area contributed by atoms with E-state index in [4.69, 9.17) is 0 Å². The molecule has 0 N–H and O–H groups in total. The Labute approximate surface area is 114 Å². The molecule has 0 nitrogen and oxygen atoms in total. The molecule has 0 spiro atoms. The summed E-state index contributed by atoms with van der Waals surface area (Å²) in [5, 5.41) is 0. The maximum Gasteiger partial charge on any atom is 2.00 e. The van der Waals surface area contributed by atoms with Crippen molar-refractivity contribution < 1.29 is 25.9 Å². The summed E-state index contributed by atoms with van der Waals surface area (Å²) < 4.78 is 67.8. The van der Waals surface area contributed by atoms with Gasteiger partial charge in [0.2, 0.25) is 0 Å².